The number of carboxylic acid groups (broad SMARTS) is 1. The number of hydrogen-bond donors (Lipinski definition) is 1. The molecule has 3 aromatic carbocycles. The first-order valence-electron chi connectivity index (χ1n) is 22.6. The molecule has 0 saturated heterocycles. The van der Waals surface area contributed by atoms with Gasteiger partial charge in [-0.15, -0.1) is 0 Å². The van der Waals surface area contributed by atoms with E-state index in [1.807, 2.05) is 34.9 Å². The van der Waals surface area contributed by atoms with Crippen LogP contribution in [0.2, 0.25) is 10.5 Å². The Morgan fingerprint density at radius 3 is 1.76 bits per heavy atom. The molecule has 0 amide bonds. The van der Waals surface area contributed by atoms with Crippen molar-refractivity contribution in [3.8, 4) is 41.2 Å². The Bertz CT molecular complexity index is 2750. The summed E-state index contributed by atoms with van der Waals surface area (Å²) >= 11 is 3.31. The summed E-state index contributed by atoms with van der Waals surface area (Å²) in [4.78, 5) is 25.8. The predicted octanol–water partition coefficient (Wildman–Crippen LogP) is 15.4. The Balaban J connectivity index is 1.17. The number of benzene rings is 3. The van der Waals surface area contributed by atoms with Gasteiger partial charge in [-0.3, -0.25) is 0 Å². The molecule has 6 nitrogen and oxygen atoms in total. The summed E-state index contributed by atoms with van der Waals surface area (Å²) in [7, 11) is 0. The Kier molecular flexibility index (Phi) is 13.4. The van der Waals surface area contributed by atoms with Gasteiger partial charge in [-0.05, 0) is 0 Å². The standard InChI is InChI=1S/C52H54GeN4O2S4/c1-5-9-17-34(7-3)31-53(32-35(8-4)18-10-6-2)41-29-45(36-23-25-39(26-24-36)57(37-19-13-11-14-20-37)38-21-15-12-16-22-38)61-50(41)51-42(53)30-46(62-51)40-33-54-48(49-47(40)55-63-56-49)43-27-28-44(60-43)52(58)59/h11-16,19-30,33-35H,5-10,17-18,31-32H2,1-4H3,(H,58,59). The molecule has 1 aliphatic heterocycles. The van der Waals surface area contributed by atoms with Crippen LogP contribution < -0.4 is 13.7 Å². The van der Waals surface area contributed by atoms with Gasteiger partial charge in [0.25, 0.3) is 0 Å². The van der Waals surface area contributed by atoms with Crippen molar-refractivity contribution in [3.05, 3.63) is 120 Å². The summed E-state index contributed by atoms with van der Waals surface area (Å²) in [5.41, 5.74) is 8.03. The summed E-state index contributed by atoms with van der Waals surface area (Å²) in [5, 5.41) is 12.3. The van der Waals surface area contributed by atoms with Crippen molar-refractivity contribution < 1.29 is 9.90 Å². The molecule has 0 fully saturated rings. The molecular weight excluding hydrogens is 913 g/mol. The van der Waals surface area contributed by atoms with Gasteiger partial charge in [0.2, 0.25) is 0 Å². The van der Waals surface area contributed by atoms with E-state index in [0.717, 1.165) is 38.5 Å². The van der Waals surface area contributed by atoms with Gasteiger partial charge in [0.05, 0.1) is 0 Å². The van der Waals surface area contributed by atoms with Gasteiger partial charge in [-0.2, -0.15) is 0 Å². The first kappa shape index (κ1) is 43.8. The number of carbonyl (C=O) groups is 1. The van der Waals surface area contributed by atoms with Crippen molar-refractivity contribution in [1.82, 2.24) is 13.7 Å². The number of aromatic carboxylic acids is 1. The summed E-state index contributed by atoms with van der Waals surface area (Å²) in [6.45, 7) is 9.54. The van der Waals surface area contributed by atoms with Crippen LogP contribution in [0, 0.1) is 11.8 Å². The third-order valence-electron chi connectivity index (χ3n) is 13.1. The quantitative estimate of drug-likeness (QED) is 0.0814. The normalized spacial score (nSPS) is 15.4. The minimum atomic E-state index is -3.07. The van der Waals surface area contributed by atoms with Crippen molar-refractivity contribution in [2.45, 2.75) is 89.6 Å². The summed E-state index contributed by atoms with van der Waals surface area (Å²) in [6, 6.07) is 39.3. The summed E-state index contributed by atoms with van der Waals surface area (Å²) < 4.78 is 13.0. The molecule has 0 saturated carbocycles. The van der Waals surface area contributed by atoms with E-state index in [4.69, 9.17) is 13.7 Å². The Hall–Kier alpha value is -4.46. The van der Waals surface area contributed by atoms with Crippen LogP contribution in [-0.2, 0) is 0 Å². The molecule has 8 aromatic rings. The molecule has 0 aliphatic carbocycles. The van der Waals surface area contributed by atoms with Crippen molar-refractivity contribution in [1.29, 1.82) is 0 Å². The molecule has 0 radical (unpaired) electrons. The molecule has 9 rings (SSSR count). The predicted molar refractivity (Wildman–Crippen MR) is 273 cm³/mol. The van der Waals surface area contributed by atoms with Crippen molar-refractivity contribution >= 4 is 102 Å². The molecular formula is C52H54GeN4O2S4. The fourth-order valence-electron chi connectivity index (χ4n) is 9.73. The second kappa shape index (κ2) is 19.3. The average molecular weight is 968 g/mol. The number of carboxylic acids is 1. The van der Waals surface area contributed by atoms with Crippen LogP contribution >= 0.6 is 45.7 Å². The molecule has 11 heteroatoms. The monoisotopic (exact) mass is 968 g/mol. The third-order valence-corrected chi connectivity index (χ3v) is 29.3. The number of aromatic nitrogens is 3. The van der Waals surface area contributed by atoms with Crippen LogP contribution in [0.15, 0.2) is 115 Å². The van der Waals surface area contributed by atoms with Gasteiger partial charge in [0.15, 0.2) is 0 Å². The number of nitrogens with zero attached hydrogens (tertiary/aromatic N) is 4. The van der Waals surface area contributed by atoms with E-state index in [0.29, 0.717) is 22.4 Å². The van der Waals surface area contributed by atoms with Gasteiger partial charge in [-0.1, -0.05) is 0 Å². The molecule has 5 aromatic heterocycles. The third kappa shape index (κ3) is 8.62. The Morgan fingerprint density at radius 2 is 1.21 bits per heavy atom. The number of unbranched alkanes of at least 4 members (excludes halogenated alkanes) is 2. The van der Waals surface area contributed by atoms with Gasteiger partial charge >= 0.3 is 393 Å². The summed E-state index contributed by atoms with van der Waals surface area (Å²) in [6.07, 6.45) is 12.1. The maximum absolute atomic E-state index is 11.8. The van der Waals surface area contributed by atoms with Gasteiger partial charge < -0.3 is 0 Å². The van der Waals surface area contributed by atoms with E-state index in [1.54, 1.807) is 14.9 Å². The fourth-order valence-corrected chi connectivity index (χ4v) is 30.1. The van der Waals surface area contributed by atoms with Crippen LogP contribution in [0.3, 0.4) is 0 Å². The second-order valence-electron chi connectivity index (χ2n) is 17.0. The Morgan fingerprint density at radius 1 is 0.651 bits per heavy atom. The molecule has 63 heavy (non-hydrogen) atoms. The molecule has 2 atom stereocenters. The minimum absolute atomic E-state index is 0.293. The van der Waals surface area contributed by atoms with E-state index in [2.05, 4.69) is 130 Å². The molecule has 1 aliphatic rings. The number of anilines is 3. The zero-order valence-corrected chi connectivity index (χ0v) is 41.8. The van der Waals surface area contributed by atoms with Crippen LogP contribution in [0.1, 0.15) is 88.7 Å². The van der Waals surface area contributed by atoms with Crippen LogP contribution in [0.4, 0.5) is 17.1 Å². The molecule has 1 N–H and O–H groups in total. The number of hydrogen-bond acceptors (Lipinski definition) is 9. The first-order valence-corrected chi connectivity index (χ1v) is 30.8. The SMILES string of the molecule is CCCCC(CC)[CH2][Ge]1([CH2]C(CC)CCCC)[c]2cc(-c3ccc(N(c4ccccc4)c4ccccc4)cc3)sc2-c2sc(-c3cnc(-c4ccc(C(=O)O)s4)c4nsnc34)c[c]21. The molecule has 322 valence electrons. The van der Waals surface area contributed by atoms with Crippen molar-refractivity contribution in [3.63, 3.8) is 0 Å². The maximum atomic E-state index is 11.8. The number of rotatable bonds is 19. The van der Waals surface area contributed by atoms with E-state index in [1.165, 1.54) is 110 Å². The average Bonchev–Trinajstić information content (AvgIpc) is 4.17. The van der Waals surface area contributed by atoms with Gasteiger partial charge in [0, 0.05) is 0 Å². The van der Waals surface area contributed by atoms with E-state index >= 15 is 0 Å². The number of para-hydroxylation sites is 2. The number of thiophene rings is 3. The second-order valence-corrected chi connectivity index (χ2v) is 29.3. The molecule has 0 spiro atoms. The van der Waals surface area contributed by atoms with E-state index in [-0.39, 0.29) is 0 Å². The molecule has 6 heterocycles. The zero-order chi connectivity index (χ0) is 43.5. The summed E-state index contributed by atoms with van der Waals surface area (Å²) in [5.74, 6) is 0.484. The van der Waals surface area contributed by atoms with Crippen molar-refractivity contribution in [2.24, 2.45) is 11.8 Å². The topological polar surface area (TPSA) is 79.2 Å². The number of pyridine rings is 1. The number of fused-ring (bicyclic) bond motifs is 4. The molecule has 0 bridgehead atoms. The van der Waals surface area contributed by atoms with Gasteiger partial charge in [0.1, 0.15) is 0 Å². The first-order chi connectivity index (χ1) is 30.8. The van der Waals surface area contributed by atoms with Crippen LogP contribution in [0.25, 0.3) is 52.2 Å². The zero-order valence-electron chi connectivity index (χ0n) is 36.5. The van der Waals surface area contributed by atoms with E-state index < -0.39 is 19.2 Å². The van der Waals surface area contributed by atoms with Crippen molar-refractivity contribution in [2.75, 3.05) is 4.90 Å². The van der Waals surface area contributed by atoms with E-state index in [9.17, 15) is 9.90 Å². The van der Waals surface area contributed by atoms with Gasteiger partial charge in [-0.25, -0.2) is 0 Å². The Labute approximate surface area is 390 Å². The van der Waals surface area contributed by atoms with Crippen LogP contribution in [0.5, 0.6) is 0 Å². The van der Waals surface area contributed by atoms with Crippen LogP contribution in [-0.4, -0.2) is 38.1 Å². The molecule has 2 unspecified atom stereocenters. The fraction of sp³-hybridized carbons (Fsp3) is 0.308.